The van der Waals surface area contributed by atoms with E-state index in [0.717, 1.165) is 38.6 Å². The van der Waals surface area contributed by atoms with Gasteiger partial charge in [0.25, 0.3) is 0 Å². The third kappa shape index (κ3) is 4.03. The van der Waals surface area contributed by atoms with Crippen molar-refractivity contribution in [2.75, 3.05) is 13.6 Å². The number of aromatic nitrogens is 2. The molecule has 1 fully saturated rings. The highest BCUT2D eigenvalue weighted by atomic mass is 16.5. The average molecular weight is 294 g/mol. The van der Waals surface area contributed by atoms with E-state index in [1.807, 2.05) is 18.9 Å². The molecule has 1 aromatic heterocycles. The van der Waals surface area contributed by atoms with Crippen molar-refractivity contribution < 1.29 is 9.32 Å². The number of amides is 1. The topological polar surface area (TPSA) is 71.3 Å². The van der Waals surface area contributed by atoms with Gasteiger partial charge in [-0.15, -0.1) is 0 Å². The normalized spacial score (nSPS) is 20.5. The van der Waals surface area contributed by atoms with Gasteiger partial charge in [0.05, 0.1) is 0 Å². The molecule has 0 saturated carbocycles. The first-order valence-corrected chi connectivity index (χ1v) is 7.95. The highest BCUT2D eigenvalue weighted by Crippen LogP contribution is 2.30. The highest BCUT2D eigenvalue weighted by molar-refractivity contribution is 5.76. The molecule has 2 unspecified atom stereocenters. The molecule has 0 aliphatic carbocycles. The lowest BCUT2D eigenvalue weighted by molar-refractivity contribution is -0.135. The zero-order valence-corrected chi connectivity index (χ0v) is 13.3. The predicted molar refractivity (Wildman–Crippen MR) is 79.7 cm³/mol. The van der Waals surface area contributed by atoms with E-state index in [4.69, 9.17) is 4.52 Å². The fourth-order valence-electron chi connectivity index (χ4n) is 2.71. The molecule has 1 aliphatic heterocycles. The number of nitrogens with one attached hydrogen (secondary N) is 1. The van der Waals surface area contributed by atoms with Crippen LogP contribution < -0.4 is 5.32 Å². The van der Waals surface area contributed by atoms with Gasteiger partial charge in [0.1, 0.15) is 6.04 Å². The Bertz CT molecular complexity index is 460. The van der Waals surface area contributed by atoms with E-state index < -0.39 is 0 Å². The molecule has 0 bridgehead atoms. The first-order chi connectivity index (χ1) is 10.2. The maximum absolute atomic E-state index is 12.2. The molecule has 0 radical (unpaired) electrons. The van der Waals surface area contributed by atoms with Crippen molar-refractivity contribution >= 4 is 5.91 Å². The summed E-state index contributed by atoms with van der Waals surface area (Å²) >= 11 is 0. The fraction of sp³-hybridized carbons (Fsp3) is 0.800. The quantitative estimate of drug-likeness (QED) is 0.869. The number of piperidine rings is 1. The van der Waals surface area contributed by atoms with Crippen molar-refractivity contribution in [1.82, 2.24) is 20.4 Å². The van der Waals surface area contributed by atoms with Crippen LogP contribution in [0.3, 0.4) is 0 Å². The Balaban J connectivity index is 2.08. The minimum Gasteiger partial charge on any atom is -0.337 e. The van der Waals surface area contributed by atoms with Crippen LogP contribution in [0.25, 0.3) is 0 Å². The second-order valence-electron chi connectivity index (χ2n) is 5.79. The van der Waals surface area contributed by atoms with Gasteiger partial charge in [-0.1, -0.05) is 12.1 Å². The molecular weight excluding hydrogens is 268 g/mol. The van der Waals surface area contributed by atoms with Crippen molar-refractivity contribution in [2.45, 2.75) is 64.5 Å². The van der Waals surface area contributed by atoms with Crippen LogP contribution in [0.5, 0.6) is 0 Å². The van der Waals surface area contributed by atoms with Gasteiger partial charge in [0.15, 0.2) is 5.82 Å². The summed E-state index contributed by atoms with van der Waals surface area (Å²) < 4.78 is 5.43. The Morgan fingerprint density at radius 1 is 1.52 bits per heavy atom. The smallest absolute Gasteiger partial charge is 0.249 e. The second kappa shape index (κ2) is 7.54. The molecule has 0 spiro atoms. The van der Waals surface area contributed by atoms with Crippen LogP contribution in [0.4, 0.5) is 0 Å². The molecule has 21 heavy (non-hydrogen) atoms. The molecule has 1 saturated heterocycles. The number of carbonyl (C=O) groups is 1. The van der Waals surface area contributed by atoms with E-state index in [2.05, 4.69) is 22.4 Å². The summed E-state index contributed by atoms with van der Waals surface area (Å²) in [5, 5.41) is 7.21. The summed E-state index contributed by atoms with van der Waals surface area (Å²) in [6, 6.07) is 0.267. The Morgan fingerprint density at radius 3 is 3.05 bits per heavy atom. The molecular formula is C15H26N4O2. The number of hydrogen-bond donors (Lipinski definition) is 1. The molecule has 1 N–H and O–H groups in total. The van der Waals surface area contributed by atoms with E-state index in [1.54, 1.807) is 0 Å². The number of likely N-dealkylation sites (N-methyl/N-ethyl adjacent to an activating group) is 1. The van der Waals surface area contributed by atoms with Gasteiger partial charge in [-0.25, -0.2) is 0 Å². The van der Waals surface area contributed by atoms with Crippen molar-refractivity contribution in [2.24, 2.45) is 0 Å². The second-order valence-corrected chi connectivity index (χ2v) is 5.79. The number of likely N-dealkylation sites (tertiary alicyclic amines) is 1. The molecule has 6 heteroatoms. The SMILES string of the molecule is CCCC(=O)N1CCCCC1c1nc(CC(C)NC)no1. The lowest BCUT2D eigenvalue weighted by Gasteiger charge is -2.33. The lowest BCUT2D eigenvalue weighted by atomic mass is 10.0. The van der Waals surface area contributed by atoms with Gasteiger partial charge in [-0.3, -0.25) is 4.79 Å². The van der Waals surface area contributed by atoms with E-state index in [9.17, 15) is 4.79 Å². The third-order valence-electron chi connectivity index (χ3n) is 4.04. The summed E-state index contributed by atoms with van der Waals surface area (Å²) in [4.78, 5) is 18.7. The third-order valence-corrected chi connectivity index (χ3v) is 4.04. The van der Waals surface area contributed by atoms with E-state index >= 15 is 0 Å². The van der Waals surface area contributed by atoms with Gasteiger partial charge in [-0.2, -0.15) is 4.98 Å². The summed E-state index contributed by atoms with van der Waals surface area (Å²) in [6.07, 6.45) is 5.27. The largest absolute Gasteiger partial charge is 0.337 e. The van der Waals surface area contributed by atoms with Crippen molar-refractivity contribution in [3.63, 3.8) is 0 Å². The van der Waals surface area contributed by atoms with Crippen LogP contribution in [0.15, 0.2) is 4.52 Å². The number of carbonyl (C=O) groups excluding carboxylic acids is 1. The zero-order valence-electron chi connectivity index (χ0n) is 13.3. The molecule has 1 aromatic rings. The molecule has 118 valence electrons. The van der Waals surface area contributed by atoms with E-state index in [1.165, 1.54) is 0 Å². The van der Waals surface area contributed by atoms with Crippen molar-refractivity contribution in [1.29, 1.82) is 0 Å². The van der Waals surface area contributed by atoms with Gasteiger partial charge in [0, 0.05) is 25.4 Å². The summed E-state index contributed by atoms with van der Waals surface area (Å²) in [7, 11) is 1.91. The minimum absolute atomic E-state index is 0.0380. The van der Waals surface area contributed by atoms with Crippen LogP contribution in [0.1, 0.15) is 63.7 Å². The Labute approximate surface area is 126 Å². The monoisotopic (exact) mass is 294 g/mol. The highest BCUT2D eigenvalue weighted by Gasteiger charge is 2.31. The Morgan fingerprint density at radius 2 is 2.33 bits per heavy atom. The van der Waals surface area contributed by atoms with Crippen LogP contribution in [-0.4, -0.2) is 40.6 Å². The predicted octanol–water partition coefficient (Wildman–Crippen LogP) is 2.07. The molecule has 2 atom stereocenters. The maximum atomic E-state index is 12.2. The average Bonchev–Trinajstić information content (AvgIpc) is 2.95. The van der Waals surface area contributed by atoms with Gasteiger partial charge in [0.2, 0.25) is 11.8 Å². The van der Waals surface area contributed by atoms with Crippen molar-refractivity contribution in [3.8, 4) is 0 Å². The van der Waals surface area contributed by atoms with Crippen LogP contribution in [0, 0.1) is 0 Å². The first-order valence-electron chi connectivity index (χ1n) is 7.95. The molecule has 0 aromatic carbocycles. The van der Waals surface area contributed by atoms with Crippen LogP contribution in [-0.2, 0) is 11.2 Å². The first kappa shape index (κ1) is 15.9. The summed E-state index contributed by atoms with van der Waals surface area (Å²) in [5.74, 6) is 1.50. The van der Waals surface area contributed by atoms with Crippen molar-refractivity contribution in [3.05, 3.63) is 11.7 Å². The number of hydrogen-bond acceptors (Lipinski definition) is 5. The lowest BCUT2D eigenvalue weighted by Crippen LogP contribution is -2.38. The summed E-state index contributed by atoms with van der Waals surface area (Å²) in [5.41, 5.74) is 0. The van der Waals surface area contributed by atoms with E-state index in [-0.39, 0.29) is 11.9 Å². The Kier molecular flexibility index (Phi) is 5.73. The Hall–Kier alpha value is -1.43. The fourth-order valence-corrected chi connectivity index (χ4v) is 2.71. The molecule has 2 rings (SSSR count). The summed E-state index contributed by atoms with van der Waals surface area (Å²) in [6.45, 7) is 4.91. The van der Waals surface area contributed by atoms with Gasteiger partial charge < -0.3 is 14.7 Å². The van der Waals surface area contributed by atoms with Crippen LogP contribution >= 0.6 is 0 Å². The maximum Gasteiger partial charge on any atom is 0.249 e. The number of rotatable bonds is 6. The molecule has 6 nitrogen and oxygen atoms in total. The molecule has 1 aliphatic rings. The van der Waals surface area contributed by atoms with Gasteiger partial charge >= 0.3 is 0 Å². The van der Waals surface area contributed by atoms with Gasteiger partial charge in [-0.05, 0) is 39.7 Å². The minimum atomic E-state index is -0.0380. The molecule has 1 amide bonds. The van der Waals surface area contributed by atoms with Crippen LogP contribution in [0.2, 0.25) is 0 Å². The van der Waals surface area contributed by atoms with E-state index in [0.29, 0.717) is 24.2 Å². The zero-order chi connectivity index (χ0) is 15.2. The standard InChI is InChI=1S/C15H26N4O2/c1-4-7-14(20)19-9-6-5-8-12(19)15-17-13(18-21-15)10-11(2)16-3/h11-12,16H,4-10H2,1-3H3. The number of nitrogens with zero attached hydrogens (tertiary/aromatic N) is 3. The molecule has 2 heterocycles.